The molecule has 0 amide bonds. The van der Waals surface area contributed by atoms with Crippen molar-refractivity contribution in [1.82, 2.24) is 0 Å². The zero-order chi connectivity index (χ0) is 14.8. The van der Waals surface area contributed by atoms with Crippen LogP contribution in [0, 0.1) is 0 Å². The van der Waals surface area contributed by atoms with Gasteiger partial charge in [-0.2, -0.15) is 0 Å². The molecule has 0 fully saturated rings. The summed E-state index contributed by atoms with van der Waals surface area (Å²) in [5.74, 6) is 0.813. The zero-order valence-electron chi connectivity index (χ0n) is 12.7. The number of rotatable bonds is 10. The predicted octanol–water partition coefficient (Wildman–Crippen LogP) is 3.49. The van der Waals surface area contributed by atoms with E-state index < -0.39 is 0 Å². The second-order valence-electron chi connectivity index (χ2n) is 5.39. The van der Waals surface area contributed by atoms with Crippen LogP contribution in [0.25, 0.3) is 0 Å². The summed E-state index contributed by atoms with van der Waals surface area (Å²) in [6.45, 7) is 2.25. The second kappa shape index (κ2) is 9.78. The van der Waals surface area contributed by atoms with Gasteiger partial charge in [-0.15, -0.1) is 0 Å². The van der Waals surface area contributed by atoms with Crippen molar-refractivity contribution in [2.45, 2.75) is 57.5 Å². The smallest absolute Gasteiger partial charge is 0.118 e. The van der Waals surface area contributed by atoms with E-state index in [1.54, 1.807) is 7.11 Å². The van der Waals surface area contributed by atoms with E-state index >= 15 is 0 Å². The maximum Gasteiger partial charge on any atom is 0.118 e. The molecule has 0 saturated heterocycles. The highest BCUT2D eigenvalue weighted by molar-refractivity contribution is 5.29. The van der Waals surface area contributed by atoms with Crippen molar-refractivity contribution in [2.24, 2.45) is 0 Å². The van der Waals surface area contributed by atoms with Gasteiger partial charge in [0, 0.05) is 5.92 Å². The molecule has 2 atom stereocenters. The van der Waals surface area contributed by atoms with Crippen LogP contribution in [0.3, 0.4) is 0 Å². The molecule has 0 radical (unpaired) electrons. The van der Waals surface area contributed by atoms with Crippen molar-refractivity contribution in [3.63, 3.8) is 0 Å². The molecule has 0 aliphatic heterocycles. The summed E-state index contributed by atoms with van der Waals surface area (Å²) in [5.41, 5.74) is 1.06. The SMILES string of the molecule is CCCCCC[C@@H](O)C[C@H](CO)c1ccc(OC)cc1. The second-order valence-corrected chi connectivity index (χ2v) is 5.39. The van der Waals surface area contributed by atoms with Crippen LogP contribution < -0.4 is 4.74 Å². The van der Waals surface area contributed by atoms with E-state index in [1.165, 1.54) is 19.3 Å². The minimum absolute atomic E-state index is 0.00193. The molecular formula is C17H28O3. The lowest BCUT2D eigenvalue weighted by Crippen LogP contribution is -2.15. The van der Waals surface area contributed by atoms with Gasteiger partial charge in [0.1, 0.15) is 5.75 Å². The summed E-state index contributed by atoms with van der Waals surface area (Å²) in [6, 6.07) is 7.71. The largest absolute Gasteiger partial charge is 0.497 e. The fraction of sp³-hybridized carbons (Fsp3) is 0.647. The first kappa shape index (κ1) is 17.0. The molecule has 114 valence electrons. The lowest BCUT2D eigenvalue weighted by Gasteiger charge is -2.19. The fourth-order valence-corrected chi connectivity index (χ4v) is 2.45. The van der Waals surface area contributed by atoms with Gasteiger partial charge in [-0.3, -0.25) is 0 Å². The average molecular weight is 280 g/mol. The van der Waals surface area contributed by atoms with E-state index in [2.05, 4.69) is 6.92 Å². The van der Waals surface area contributed by atoms with Crippen LogP contribution in [-0.4, -0.2) is 30.0 Å². The van der Waals surface area contributed by atoms with Crippen molar-refractivity contribution in [2.75, 3.05) is 13.7 Å². The summed E-state index contributed by atoms with van der Waals surface area (Å²) in [7, 11) is 1.64. The molecule has 0 unspecified atom stereocenters. The monoisotopic (exact) mass is 280 g/mol. The maximum absolute atomic E-state index is 10.1. The van der Waals surface area contributed by atoms with Gasteiger partial charge >= 0.3 is 0 Å². The third-order valence-electron chi connectivity index (χ3n) is 3.76. The van der Waals surface area contributed by atoms with Crippen molar-refractivity contribution < 1.29 is 14.9 Å². The van der Waals surface area contributed by atoms with Gasteiger partial charge in [-0.25, -0.2) is 0 Å². The number of unbranched alkanes of at least 4 members (excludes halogenated alkanes) is 3. The highest BCUT2D eigenvalue weighted by atomic mass is 16.5. The Morgan fingerprint density at radius 2 is 1.80 bits per heavy atom. The number of aliphatic hydroxyl groups is 2. The Labute approximate surface area is 122 Å². The highest BCUT2D eigenvalue weighted by Gasteiger charge is 2.15. The van der Waals surface area contributed by atoms with Crippen LogP contribution in [0.5, 0.6) is 5.75 Å². The molecular weight excluding hydrogens is 252 g/mol. The molecule has 1 rings (SSSR count). The molecule has 2 N–H and O–H groups in total. The van der Waals surface area contributed by atoms with Gasteiger partial charge in [-0.1, -0.05) is 44.7 Å². The lowest BCUT2D eigenvalue weighted by molar-refractivity contribution is 0.126. The molecule has 1 aromatic rings. The number of ether oxygens (including phenoxy) is 1. The Kier molecular flexibility index (Phi) is 8.31. The van der Waals surface area contributed by atoms with Crippen molar-refractivity contribution in [3.05, 3.63) is 29.8 Å². The number of hydrogen-bond donors (Lipinski definition) is 2. The summed E-state index contributed by atoms with van der Waals surface area (Å²) < 4.78 is 5.13. The van der Waals surface area contributed by atoms with E-state index in [4.69, 9.17) is 4.74 Å². The van der Waals surface area contributed by atoms with Gasteiger partial charge in [0.15, 0.2) is 0 Å². The molecule has 0 saturated carbocycles. The normalized spacial score (nSPS) is 14.0. The van der Waals surface area contributed by atoms with E-state index in [9.17, 15) is 10.2 Å². The fourth-order valence-electron chi connectivity index (χ4n) is 2.45. The van der Waals surface area contributed by atoms with E-state index in [0.717, 1.165) is 24.2 Å². The predicted molar refractivity (Wildman–Crippen MR) is 82.2 cm³/mol. The van der Waals surface area contributed by atoms with Gasteiger partial charge < -0.3 is 14.9 Å². The van der Waals surface area contributed by atoms with E-state index in [1.807, 2.05) is 24.3 Å². The summed E-state index contributed by atoms with van der Waals surface area (Å²) in [4.78, 5) is 0. The number of methoxy groups -OCH3 is 1. The summed E-state index contributed by atoms with van der Waals surface area (Å²) in [5, 5.41) is 19.6. The van der Waals surface area contributed by atoms with Crippen molar-refractivity contribution in [3.8, 4) is 5.75 Å². The highest BCUT2D eigenvalue weighted by Crippen LogP contribution is 2.24. The zero-order valence-corrected chi connectivity index (χ0v) is 12.7. The number of benzene rings is 1. The van der Waals surface area contributed by atoms with Crippen molar-refractivity contribution in [1.29, 1.82) is 0 Å². The topological polar surface area (TPSA) is 49.7 Å². The van der Waals surface area contributed by atoms with Gasteiger partial charge in [0.25, 0.3) is 0 Å². The molecule has 0 bridgehead atoms. The maximum atomic E-state index is 10.1. The Morgan fingerprint density at radius 3 is 2.35 bits per heavy atom. The Bertz CT molecular complexity index is 348. The lowest BCUT2D eigenvalue weighted by atomic mass is 9.92. The Hall–Kier alpha value is -1.06. The van der Waals surface area contributed by atoms with Crippen LogP contribution in [0.2, 0.25) is 0 Å². The van der Waals surface area contributed by atoms with Gasteiger partial charge in [-0.05, 0) is 30.5 Å². The first-order valence-electron chi connectivity index (χ1n) is 7.64. The molecule has 0 aromatic heterocycles. The van der Waals surface area contributed by atoms with Crippen LogP contribution in [0.15, 0.2) is 24.3 Å². The van der Waals surface area contributed by atoms with Gasteiger partial charge in [0.05, 0.1) is 19.8 Å². The van der Waals surface area contributed by atoms with Crippen LogP contribution in [0.1, 0.15) is 56.9 Å². The summed E-state index contributed by atoms with van der Waals surface area (Å²) >= 11 is 0. The Balaban J connectivity index is 2.44. The first-order chi connectivity index (χ1) is 9.71. The molecule has 1 aromatic carbocycles. The van der Waals surface area contributed by atoms with Crippen LogP contribution in [-0.2, 0) is 0 Å². The molecule has 3 heteroatoms. The first-order valence-corrected chi connectivity index (χ1v) is 7.64. The number of aliphatic hydroxyl groups excluding tert-OH is 2. The molecule has 0 aliphatic rings. The minimum Gasteiger partial charge on any atom is -0.497 e. The van der Waals surface area contributed by atoms with Crippen LogP contribution >= 0.6 is 0 Å². The quantitative estimate of drug-likeness (QED) is 0.645. The molecule has 0 aliphatic carbocycles. The molecule has 0 spiro atoms. The molecule has 3 nitrogen and oxygen atoms in total. The third kappa shape index (κ3) is 5.93. The Morgan fingerprint density at radius 1 is 1.10 bits per heavy atom. The van der Waals surface area contributed by atoms with Crippen LogP contribution in [0.4, 0.5) is 0 Å². The molecule has 20 heavy (non-hydrogen) atoms. The summed E-state index contributed by atoms with van der Waals surface area (Å²) in [6.07, 6.45) is 5.80. The standard InChI is InChI=1S/C17H28O3/c1-3-4-5-6-7-16(19)12-15(13-18)14-8-10-17(20-2)11-9-14/h8-11,15-16,18-19H,3-7,12-13H2,1-2H3/t15-,16-/m1/s1. The molecule has 0 heterocycles. The van der Waals surface area contributed by atoms with E-state index in [0.29, 0.717) is 6.42 Å². The van der Waals surface area contributed by atoms with E-state index in [-0.39, 0.29) is 18.6 Å². The minimum atomic E-state index is -0.328. The van der Waals surface area contributed by atoms with Gasteiger partial charge in [0.2, 0.25) is 0 Å². The average Bonchev–Trinajstić information content (AvgIpc) is 2.49. The third-order valence-corrected chi connectivity index (χ3v) is 3.76. The number of hydrogen-bond acceptors (Lipinski definition) is 3. The van der Waals surface area contributed by atoms with Crippen molar-refractivity contribution >= 4 is 0 Å².